The van der Waals surface area contributed by atoms with Crippen molar-refractivity contribution < 1.29 is 39.6 Å². The summed E-state index contributed by atoms with van der Waals surface area (Å²) in [5.74, 6) is -2.62. The van der Waals surface area contributed by atoms with Gasteiger partial charge in [-0.25, -0.2) is 17.2 Å². The number of sulfone groups is 1. The smallest absolute Gasteiger partial charge is 0.425 e. The summed E-state index contributed by atoms with van der Waals surface area (Å²) in [4.78, 5) is 6.14. The second kappa shape index (κ2) is 7.90. The fourth-order valence-electron chi connectivity index (χ4n) is 4.97. The van der Waals surface area contributed by atoms with Crippen LogP contribution in [0.3, 0.4) is 0 Å². The van der Waals surface area contributed by atoms with E-state index < -0.39 is 39.4 Å². The van der Waals surface area contributed by atoms with Crippen molar-refractivity contribution in [3.63, 3.8) is 0 Å². The first-order valence-corrected chi connectivity index (χ1v) is 13.2. The molecular formula is C23H24F5N3O4S. The van der Waals surface area contributed by atoms with E-state index in [0.717, 1.165) is 19.6 Å². The van der Waals surface area contributed by atoms with Crippen molar-refractivity contribution in [3.8, 4) is 5.75 Å². The summed E-state index contributed by atoms with van der Waals surface area (Å²) < 4.78 is 101. The molecule has 3 atom stereocenters. The molecule has 2 heterocycles. The van der Waals surface area contributed by atoms with Crippen LogP contribution in [0.1, 0.15) is 49.4 Å². The van der Waals surface area contributed by atoms with E-state index in [1.54, 1.807) is 0 Å². The van der Waals surface area contributed by atoms with Crippen LogP contribution in [0.15, 0.2) is 34.2 Å². The third-order valence-electron chi connectivity index (χ3n) is 7.31. The molecule has 3 fully saturated rings. The lowest BCUT2D eigenvalue weighted by Crippen LogP contribution is -2.34. The van der Waals surface area contributed by atoms with Crippen LogP contribution in [0.5, 0.6) is 5.75 Å². The maximum Gasteiger partial charge on any atom is 0.425 e. The molecule has 5 rings (SSSR count). The molecular weight excluding hydrogens is 509 g/mol. The van der Waals surface area contributed by atoms with Gasteiger partial charge in [-0.1, -0.05) is 11.7 Å². The Morgan fingerprint density at radius 1 is 1.28 bits per heavy atom. The topological polar surface area (TPSA) is 85.5 Å². The fraction of sp³-hybridized carbons (Fsp3) is 0.565. The number of benzene rings is 1. The van der Waals surface area contributed by atoms with Crippen LogP contribution < -0.4 is 4.74 Å². The predicted molar refractivity (Wildman–Crippen MR) is 117 cm³/mol. The van der Waals surface area contributed by atoms with Crippen LogP contribution in [-0.4, -0.2) is 61.0 Å². The molecule has 1 aromatic heterocycles. The largest absolute Gasteiger partial charge is 0.481 e. The number of piperidine rings is 1. The van der Waals surface area contributed by atoms with Crippen LogP contribution in [0.2, 0.25) is 0 Å². The monoisotopic (exact) mass is 533 g/mol. The Morgan fingerprint density at radius 2 is 1.97 bits per heavy atom. The number of hydrogen-bond donors (Lipinski definition) is 0. The zero-order chi connectivity index (χ0) is 26.3. The van der Waals surface area contributed by atoms with Gasteiger partial charge in [-0.05, 0) is 37.5 Å². The number of aromatic nitrogens is 2. The van der Waals surface area contributed by atoms with Gasteiger partial charge in [0.2, 0.25) is 11.8 Å². The number of ether oxygens (including phenoxy) is 1. The van der Waals surface area contributed by atoms with E-state index in [0.29, 0.717) is 24.6 Å². The lowest BCUT2D eigenvalue weighted by atomic mass is 9.81. The number of rotatable bonds is 7. The highest BCUT2D eigenvalue weighted by Gasteiger charge is 2.64. The number of likely N-dealkylation sites (tertiary alicyclic amines) is 1. The Labute approximate surface area is 204 Å². The van der Waals surface area contributed by atoms with E-state index in [4.69, 9.17) is 9.26 Å². The second-order valence-electron chi connectivity index (χ2n) is 10.0. The molecule has 2 aromatic rings. The highest BCUT2D eigenvalue weighted by molar-refractivity contribution is 7.90. The Morgan fingerprint density at radius 3 is 2.58 bits per heavy atom. The zero-order valence-electron chi connectivity index (χ0n) is 19.5. The highest BCUT2D eigenvalue weighted by atomic mass is 32.2. The quantitative estimate of drug-likeness (QED) is 0.483. The van der Waals surface area contributed by atoms with E-state index in [-0.39, 0.29) is 40.9 Å². The SMILES string of the molecule is C=C(c1cc(S(C)(=O)=O)ccc1OC(C)C(F)(F)F)N1CC2CC2(c2noc(C3CC(F)(F)C3)n2)C1. The molecule has 1 saturated heterocycles. The molecule has 0 radical (unpaired) electrons. The molecule has 196 valence electrons. The average molecular weight is 534 g/mol. The molecule has 1 aromatic carbocycles. The first-order chi connectivity index (χ1) is 16.6. The normalized spacial score (nSPS) is 26.3. The minimum atomic E-state index is -4.62. The molecule has 0 bridgehead atoms. The van der Waals surface area contributed by atoms with Gasteiger partial charge in [0, 0.05) is 49.4 Å². The van der Waals surface area contributed by atoms with E-state index >= 15 is 0 Å². The molecule has 1 aliphatic heterocycles. The van der Waals surface area contributed by atoms with Gasteiger partial charge < -0.3 is 14.2 Å². The van der Waals surface area contributed by atoms with Crippen molar-refractivity contribution in [1.29, 1.82) is 0 Å². The lowest BCUT2D eigenvalue weighted by Gasteiger charge is -2.32. The summed E-state index contributed by atoms with van der Waals surface area (Å²) in [6.45, 7) is 5.75. The Hall–Kier alpha value is -2.70. The number of hydrogen-bond acceptors (Lipinski definition) is 7. The molecule has 36 heavy (non-hydrogen) atoms. The molecule has 0 N–H and O–H groups in total. The van der Waals surface area contributed by atoms with E-state index in [9.17, 15) is 30.4 Å². The van der Waals surface area contributed by atoms with Crippen LogP contribution in [0, 0.1) is 5.92 Å². The summed E-state index contributed by atoms with van der Waals surface area (Å²) in [7, 11) is -3.65. The molecule has 13 heteroatoms. The Kier molecular flexibility index (Phi) is 5.48. The second-order valence-corrected chi connectivity index (χ2v) is 12.0. The van der Waals surface area contributed by atoms with Crippen molar-refractivity contribution in [3.05, 3.63) is 42.1 Å². The average Bonchev–Trinajstić information content (AvgIpc) is 3.11. The summed E-state index contributed by atoms with van der Waals surface area (Å²) >= 11 is 0. The van der Waals surface area contributed by atoms with Crippen LogP contribution in [0.4, 0.5) is 22.0 Å². The summed E-state index contributed by atoms with van der Waals surface area (Å²) in [6.07, 6.45) is -5.65. The van der Waals surface area contributed by atoms with Gasteiger partial charge in [-0.15, -0.1) is 0 Å². The molecule has 2 saturated carbocycles. The van der Waals surface area contributed by atoms with Crippen molar-refractivity contribution in [2.75, 3.05) is 19.3 Å². The number of fused-ring (bicyclic) bond motifs is 1. The van der Waals surface area contributed by atoms with Gasteiger partial charge in [0.25, 0.3) is 0 Å². The minimum Gasteiger partial charge on any atom is -0.481 e. The van der Waals surface area contributed by atoms with Gasteiger partial charge in [-0.3, -0.25) is 0 Å². The molecule has 0 spiro atoms. The van der Waals surface area contributed by atoms with Gasteiger partial charge in [-0.2, -0.15) is 18.2 Å². The van der Waals surface area contributed by atoms with Gasteiger partial charge >= 0.3 is 6.18 Å². The van der Waals surface area contributed by atoms with E-state index in [2.05, 4.69) is 16.7 Å². The van der Waals surface area contributed by atoms with Gasteiger partial charge in [0.1, 0.15) is 5.75 Å². The van der Waals surface area contributed by atoms with Gasteiger partial charge in [0.05, 0.1) is 10.3 Å². The van der Waals surface area contributed by atoms with Crippen molar-refractivity contribution in [1.82, 2.24) is 15.0 Å². The third kappa shape index (κ3) is 4.35. The predicted octanol–water partition coefficient (Wildman–Crippen LogP) is 4.56. The lowest BCUT2D eigenvalue weighted by molar-refractivity contribution is -0.189. The van der Waals surface area contributed by atoms with E-state index in [1.807, 2.05) is 4.90 Å². The van der Waals surface area contributed by atoms with Crippen molar-refractivity contribution in [2.24, 2.45) is 5.92 Å². The van der Waals surface area contributed by atoms with E-state index in [1.165, 1.54) is 18.2 Å². The standard InChI is InChI=1S/C23H24F5N3O4S/c1-12(17-6-16(36(3,32)33)4-5-18(17)34-13(2)23(26,27)28)31-10-15-9-21(15,11-31)20-29-19(35-30-20)14-7-22(24,25)8-14/h4-6,13-15H,1,7-11H2,2-3H3. The number of halogens is 5. The Balaban J connectivity index is 1.38. The van der Waals surface area contributed by atoms with Gasteiger partial charge in [0.15, 0.2) is 21.8 Å². The molecule has 2 aliphatic carbocycles. The first kappa shape index (κ1) is 25.0. The molecule has 3 aliphatic rings. The first-order valence-electron chi connectivity index (χ1n) is 11.3. The van der Waals surface area contributed by atoms with Crippen molar-refractivity contribution in [2.45, 2.75) is 60.6 Å². The fourth-order valence-corrected chi connectivity index (χ4v) is 5.62. The third-order valence-corrected chi connectivity index (χ3v) is 8.42. The maximum atomic E-state index is 13.2. The van der Waals surface area contributed by atoms with Crippen molar-refractivity contribution >= 4 is 15.5 Å². The minimum absolute atomic E-state index is 0.0789. The summed E-state index contributed by atoms with van der Waals surface area (Å²) in [5.41, 5.74) is -0.0409. The molecule has 7 nitrogen and oxygen atoms in total. The highest BCUT2D eigenvalue weighted by Crippen LogP contribution is 2.60. The maximum absolute atomic E-state index is 13.2. The zero-order valence-corrected chi connectivity index (χ0v) is 20.3. The van der Waals surface area contributed by atoms with Crippen LogP contribution >= 0.6 is 0 Å². The number of alkyl halides is 5. The summed E-state index contributed by atoms with van der Waals surface area (Å²) in [6, 6.07) is 3.65. The molecule has 3 unspecified atom stereocenters. The molecule has 0 amide bonds. The van der Waals surface area contributed by atoms with Crippen LogP contribution in [0.25, 0.3) is 5.70 Å². The Bertz CT molecular complexity index is 1320. The number of nitrogens with zero attached hydrogens (tertiary/aromatic N) is 3. The van der Waals surface area contributed by atoms with Crippen LogP contribution in [-0.2, 0) is 15.3 Å². The summed E-state index contributed by atoms with van der Waals surface area (Å²) in [5, 5.41) is 4.04.